The zero-order valence-electron chi connectivity index (χ0n) is 12.6. The van der Waals surface area contributed by atoms with Crippen molar-refractivity contribution < 1.29 is 9.90 Å². The number of nitrogens with zero attached hydrogens (tertiary/aromatic N) is 1. The van der Waals surface area contributed by atoms with E-state index in [1.54, 1.807) is 12.1 Å². The summed E-state index contributed by atoms with van der Waals surface area (Å²) < 4.78 is 0. The molecule has 1 aliphatic heterocycles. The molecule has 3 rings (SSSR count). The number of carbonyl (C=O) groups excluding carboxylic acids is 1. The summed E-state index contributed by atoms with van der Waals surface area (Å²) in [5.41, 5.74) is 2.16. The third-order valence-corrected chi connectivity index (χ3v) is 4.57. The number of phenolic OH excluding ortho intramolecular Hbond substituents is 1. The Morgan fingerprint density at radius 2 is 1.82 bits per heavy atom. The number of phenols is 1. The minimum absolute atomic E-state index is 0.0790. The molecule has 4 heteroatoms. The second-order valence-corrected chi connectivity index (χ2v) is 6.68. The molecule has 3 nitrogen and oxygen atoms in total. The first kappa shape index (κ1) is 14.9. The maximum absolute atomic E-state index is 12.3. The second-order valence-electron chi connectivity index (χ2n) is 6.27. The van der Waals surface area contributed by atoms with E-state index in [1.807, 2.05) is 49.1 Å². The monoisotopic (exact) mass is 315 g/mol. The van der Waals surface area contributed by atoms with Crippen LogP contribution in [0.15, 0.2) is 42.5 Å². The highest BCUT2D eigenvalue weighted by Gasteiger charge is 2.39. The average molecular weight is 316 g/mol. The maximum Gasteiger partial charge on any atom is 0.232 e. The van der Waals surface area contributed by atoms with Gasteiger partial charge in [0.05, 0.1) is 5.02 Å². The van der Waals surface area contributed by atoms with Gasteiger partial charge < -0.3 is 10.0 Å². The molecule has 1 heterocycles. The Kier molecular flexibility index (Phi) is 3.61. The van der Waals surface area contributed by atoms with Crippen molar-refractivity contribution in [1.29, 1.82) is 0 Å². The van der Waals surface area contributed by atoms with Crippen LogP contribution in [0.25, 0.3) is 11.1 Å². The Labute approximate surface area is 135 Å². The molecular formula is C18H18ClNO2. The van der Waals surface area contributed by atoms with Gasteiger partial charge in [0.25, 0.3) is 0 Å². The molecule has 0 spiro atoms. The first-order chi connectivity index (χ1) is 10.4. The molecule has 1 saturated heterocycles. The van der Waals surface area contributed by atoms with E-state index in [1.165, 1.54) is 0 Å². The van der Waals surface area contributed by atoms with Crippen molar-refractivity contribution in [3.8, 4) is 16.9 Å². The van der Waals surface area contributed by atoms with Crippen molar-refractivity contribution >= 4 is 23.2 Å². The van der Waals surface area contributed by atoms with Gasteiger partial charge in [-0.05, 0) is 30.2 Å². The molecule has 0 atom stereocenters. The fourth-order valence-electron chi connectivity index (χ4n) is 2.78. The molecule has 2 aromatic rings. The maximum atomic E-state index is 12.3. The molecule has 0 aromatic heterocycles. The van der Waals surface area contributed by atoms with E-state index in [0.717, 1.165) is 24.2 Å². The number of benzene rings is 2. The molecule has 1 N–H and O–H groups in total. The van der Waals surface area contributed by atoms with Crippen LogP contribution in [0.2, 0.25) is 5.02 Å². The van der Waals surface area contributed by atoms with E-state index in [0.29, 0.717) is 10.6 Å². The van der Waals surface area contributed by atoms with Crippen LogP contribution in [0.4, 0.5) is 5.69 Å². The van der Waals surface area contributed by atoms with Gasteiger partial charge in [0.15, 0.2) is 0 Å². The Morgan fingerprint density at radius 3 is 2.41 bits per heavy atom. The van der Waals surface area contributed by atoms with Crippen LogP contribution in [0.1, 0.15) is 20.3 Å². The van der Waals surface area contributed by atoms with Crippen LogP contribution in [0.3, 0.4) is 0 Å². The zero-order valence-corrected chi connectivity index (χ0v) is 13.4. The van der Waals surface area contributed by atoms with Gasteiger partial charge in [0, 0.05) is 23.2 Å². The normalized spacial score (nSPS) is 17.0. The van der Waals surface area contributed by atoms with E-state index >= 15 is 0 Å². The van der Waals surface area contributed by atoms with Crippen LogP contribution in [0, 0.1) is 5.41 Å². The molecule has 1 amide bonds. The number of aromatic hydroxyl groups is 1. The largest absolute Gasteiger partial charge is 0.506 e. The fourth-order valence-corrected chi connectivity index (χ4v) is 2.96. The minimum Gasteiger partial charge on any atom is -0.506 e. The molecule has 114 valence electrons. The van der Waals surface area contributed by atoms with Crippen molar-refractivity contribution in [3.63, 3.8) is 0 Å². The molecule has 22 heavy (non-hydrogen) atoms. The molecule has 0 aliphatic carbocycles. The first-order valence-electron chi connectivity index (χ1n) is 7.30. The van der Waals surface area contributed by atoms with Gasteiger partial charge in [0.2, 0.25) is 5.91 Å². The number of para-hydroxylation sites is 1. The van der Waals surface area contributed by atoms with E-state index in [2.05, 4.69) is 0 Å². The Balaban J connectivity index is 1.91. The molecule has 1 fully saturated rings. The van der Waals surface area contributed by atoms with Crippen LogP contribution in [-0.4, -0.2) is 17.6 Å². The number of halogens is 1. The molecular weight excluding hydrogens is 298 g/mol. The van der Waals surface area contributed by atoms with Gasteiger partial charge in [-0.1, -0.05) is 49.7 Å². The molecule has 0 bridgehead atoms. The summed E-state index contributed by atoms with van der Waals surface area (Å²) in [5.74, 6) is 0.237. The minimum atomic E-state index is -0.288. The number of hydrogen-bond donors (Lipinski definition) is 1. The lowest BCUT2D eigenvalue weighted by atomic mass is 9.92. The van der Waals surface area contributed by atoms with Crippen LogP contribution < -0.4 is 4.90 Å². The number of hydrogen-bond acceptors (Lipinski definition) is 2. The lowest BCUT2D eigenvalue weighted by Gasteiger charge is -2.20. The third-order valence-electron chi connectivity index (χ3n) is 4.26. The number of carbonyl (C=O) groups is 1. The van der Waals surface area contributed by atoms with E-state index in [4.69, 9.17) is 11.6 Å². The Bertz CT molecular complexity index is 722. The molecule has 1 aliphatic rings. The van der Waals surface area contributed by atoms with E-state index in [-0.39, 0.29) is 17.1 Å². The standard InChI is InChI=1S/C18H18ClNO2/c1-18(2)10-11-20(17(18)22)13-8-6-12(7-9-13)14-4-3-5-15(19)16(14)21/h3-9,21H,10-11H2,1-2H3. The summed E-state index contributed by atoms with van der Waals surface area (Å²) in [6, 6.07) is 12.9. The summed E-state index contributed by atoms with van der Waals surface area (Å²) in [5, 5.41) is 10.4. The quantitative estimate of drug-likeness (QED) is 0.888. The van der Waals surface area contributed by atoms with Crippen molar-refractivity contribution in [1.82, 2.24) is 0 Å². The third kappa shape index (κ3) is 2.46. The zero-order chi connectivity index (χ0) is 15.9. The van der Waals surface area contributed by atoms with E-state index < -0.39 is 0 Å². The molecule has 0 radical (unpaired) electrons. The summed E-state index contributed by atoms with van der Waals surface area (Å²) >= 11 is 5.95. The van der Waals surface area contributed by atoms with Crippen molar-refractivity contribution in [3.05, 3.63) is 47.5 Å². The lowest BCUT2D eigenvalue weighted by molar-refractivity contribution is -0.123. The summed E-state index contributed by atoms with van der Waals surface area (Å²) in [6.07, 6.45) is 0.864. The molecule has 0 unspecified atom stereocenters. The highest BCUT2D eigenvalue weighted by Crippen LogP contribution is 2.37. The van der Waals surface area contributed by atoms with Crippen molar-refractivity contribution in [2.24, 2.45) is 5.41 Å². The van der Waals surface area contributed by atoms with Gasteiger partial charge >= 0.3 is 0 Å². The predicted octanol–water partition coefficient (Wildman–Crippen LogP) is 4.48. The van der Waals surface area contributed by atoms with Crippen LogP contribution >= 0.6 is 11.6 Å². The highest BCUT2D eigenvalue weighted by atomic mass is 35.5. The second kappa shape index (κ2) is 5.33. The predicted molar refractivity (Wildman–Crippen MR) is 89.3 cm³/mol. The van der Waals surface area contributed by atoms with Crippen LogP contribution in [-0.2, 0) is 4.79 Å². The SMILES string of the molecule is CC1(C)CCN(c2ccc(-c3cccc(Cl)c3O)cc2)C1=O. The van der Waals surface area contributed by atoms with Crippen molar-refractivity contribution in [2.75, 3.05) is 11.4 Å². The number of amides is 1. The molecule has 0 saturated carbocycles. The van der Waals surface area contributed by atoms with E-state index in [9.17, 15) is 9.90 Å². The number of rotatable bonds is 2. The number of anilines is 1. The summed E-state index contributed by atoms with van der Waals surface area (Å²) in [6.45, 7) is 4.70. The lowest BCUT2D eigenvalue weighted by Crippen LogP contribution is -2.30. The van der Waals surface area contributed by atoms with Gasteiger partial charge in [-0.15, -0.1) is 0 Å². The average Bonchev–Trinajstić information content (AvgIpc) is 2.77. The Morgan fingerprint density at radius 1 is 1.14 bits per heavy atom. The van der Waals surface area contributed by atoms with Gasteiger partial charge in [-0.25, -0.2) is 0 Å². The first-order valence-corrected chi connectivity index (χ1v) is 7.68. The van der Waals surface area contributed by atoms with Gasteiger partial charge in [0.1, 0.15) is 5.75 Å². The molecule has 2 aromatic carbocycles. The Hall–Kier alpha value is -2.00. The van der Waals surface area contributed by atoms with Crippen LogP contribution in [0.5, 0.6) is 5.75 Å². The highest BCUT2D eigenvalue weighted by molar-refractivity contribution is 6.32. The summed E-state index contributed by atoms with van der Waals surface area (Å²) in [7, 11) is 0. The van der Waals surface area contributed by atoms with Gasteiger partial charge in [-0.3, -0.25) is 4.79 Å². The smallest absolute Gasteiger partial charge is 0.232 e. The fraction of sp³-hybridized carbons (Fsp3) is 0.278. The topological polar surface area (TPSA) is 40.5 Å². The summed E-state index contributed by atoms with van der Waals surface area (Å²) in [4.78, 5) is 14.2. The van der Waals surface area contributed by atoms with Crippen molar-refractivity contribution in [2.45, 2.75) is 20.3 Å². The van der Waals surface area contributed by atoms with Gasteiger partial charge in [-0.2, -0.15) is 0 Å².